The Balaban J connectivity index is 2.54. The van der Waals surface area contributed by atoms with Crippen molar-refractivity contribution in [2.75, 3.05) is 0 Å². The summed E-state index contributed by atoms with van der Waals surface area (Å²) in [5.74, 6) is -0.385. The molecule has 0 bridgehead atoms. The number of benzene rings is 1. The molecule has 24 heavy (non-hydrogen) atoms. The van der Waals surface area contributed by atoms with Gasteiger partial charge in [-0.3, -0.25) is 0 Å². The molecule has 2 rings (SSSR count). The molecule has 0 aliphatic heterocycles. The van der Waals surface area contributed by atoms with Crippen LogP contribution in [0.5, 0.6) is 23.0 Å². The zero-order valence-electron chi connectivity index (χ0n) is 14.6. The number of aromatic hydroxyl groups is 3. The van der Waals surface area contributed by atoms with Gasteiger partial charge in [0, 0.05) is 11.5 Å². The molecule has 4 heteroatoms. The number of hydrogen-bond acceptors (Lipinski definition) is 4. The van der Waals surface area contributed by atoms with Crippen molar-refractivity contribution < 1.29 is 20.1 Å². The largest absolute Gasteiger partial charge is 0.504 e. The van der Waals surface area contributed by atoms with E-state index >= 15 is 0 Å². The molecule has 0 fully saturated rings. The maximum atomic E-state index is 10.6. The van der Waals surface area contributed by atoms with Crippen molar-refractivity contribution in [3.05, 3.63) is 35.6 Å². The van der Waals surface area contributed by atoms with Gasteiger partial charge in [0.1, 0.15) is 0 Å². The summed E-state index contributed by atoms with van der Waals surface area (Å²) in [5.41, 5.74) is 2.03. The zero-order valence-corrected chi connectivity index (χ0v) is 14.6. The highest BCUT2D eigenvalue weighted by Crippen LogP contribution is 2.52. The first-order valence-electron chi connectivity index (χ1n) is 8.75. The van der Waals surface area contributed by atoms with Crippen LogP contribution in [0.2, 0.25) is 0 Å². The van der Waals surface area contributed by atoms with E-state index in [9.17, 15) is 15.3 Å². The SMILES string of the molecule is C=COc1c(O)c(CCCCC)c(O)c(O)c1C1C=C(C)CCC1. The molecule has 1 aromatic carbocycles. The molecule has 132 valence electrons. The van der Waals surface area contributed by atoms with Gasteiger partial charge in [0.05, 0.1) is 11.8 Å². The maximum Gasteiger partial charge on any atom is 0.176 e. The molecule has 1 aliphatic carbocycles. The summed E-state index contributed by atoms with van der Waals surface area (Å²) in [5, 5.41) is 31.7. The predicted molar refractivity (Wildman–Crippen MR) is 95.8 cm³/mol. The van der Waals surface area contributed by atoms with E-state index in [1.54, 1.807) is 0 Å². The average molecular weight is 332 g/mol. The summed E-state index contributed by atoms with van der Waals surface area (Å²) in [6.07, 6.45) is 9.53. The molecule has 0 amide bonds. The second kappa shape index (κ2) is 8.13. The van der Waals surface area contributed by atoms with E-state index in [1.165, 1.54) is 11.8 Å². The summed E-state index contributed by atoms with van der Waals surface area (Å²) >= 11 is 0. The van der Waals surface area contributed by atoms with E-state index in [-0.39, 0.29) is 28.9 Å². The molecule has 1 atom stereocenters. The van der Waals surface area contributed by atoms with E-state index in [0.717, 1.165) is 38.5 Å². The summed E-state index contributed by atoms with van der Waals surface area (Å²) in [6.45, 7) is 7.70. The van der Waals surface area contributed by atoms with Gasteiger partial charge in [-0.2, -0.15) is 0 Å². The van der Waals surface area contributed by atoms with Crippen LogP contribution in [0.25, 0.3) is 0 Å². The van der Waals surface area contributed by atoms with Crippen LogP contribution in [0.3, 0.4) is 0 Å². The zero-order chi connectivity index (χ0) is 17.7. The van der Waals surface area contributed by atoms with Crippen molar-refractivity contribution in [1.82, 2.24) is 0 Å². The lowest BCUT2D eigenvalue weighted by atomic mass is 9.84. The van der Waals surface area contributed by atoms with Crippen LogP contribution in [0.1, 0.15) is 69.4 Å². The summed E-state index contributed by atoms with van der Waals surface area (Å²) in [4.78, 5) is 0. The van der Waals surface area contributed by atoms with Gasteiger partial charge in [-0.15, -0.1) is 0 Å². The second-order valence-corrected chi connectivity index (χ2v) is 6.52. The fourth-order valence-corrected chi connectivity index (χ4v) is 3.43. The third-order valence-corrected chi connectivity index (χ3v) is 4.69. The van der Waals surface area contributed by atoms with Crippen LogP contribution >= 0.6 is 0 Å². The molecule has 0 saturated carbocycles. The first kappa shape index (κ1) is 18.2. The molecule has 4 nitrogen and oxygen atoms in total. The lowest BCUT2D eigenvalue weighted by molar-refractivity contribution is 0.358. The van der Waals surface area contributed by atoms with E-state index in [4.69, 9.17) is 4.74 Å². The Hall–Kier alpha value is -2.10. The van der Waals surface area contributed by atoms with Crippen LogP contribution in [-0.4, -0.2) is 15.3 Å². The number of rotatable bonds is 7. The van der Waals surface area contributed by atoms with Crippen molar-refractivity contribution in [2.45, 2.75) is 64.7 Å². The topological polar surface area (TPSA) is 69.9 Å². The first-order valence-corrected chi connectivity index (χ1v) is 8.75. The van der Waals surface area contributed by atoms with E-state index in [2.05, 4.69) is 26.5 Å². The van der Waals surface area contributed by atoms with Gasteiger partial charge in [-0.1, -0.05) is 38.0 Å². The van der Waals surface area contributed by atoms with Crippen LogP contribution in [-0.2, 0) is 6.42 Å². The number of ether oxygens (including phenoxy) is 1. The van der Waals surface area contributed by atoms with Gasteiger partial charge >= 0.3 is 0 Å². The molecule has 1 aromatic rings. The normalized spacial score (nSPS) is 17.4. The van der Waals surface area contributed by atoms with Gasteiger partial charge in [0.2, 0.25) is 0 Å². The van der Waals surface area contributed by atoms with Crippen molar-refractivity contribution in [2.24, 2.45) is 0 Å². The molecule has 0 aromatic heterocycles. The second-order valence-electron chi connectivity index (χ2n) is 6.52. The lowest BCUT2D eigenvalue weighted by Gasteiger charge is -2.25. The highest BCUT2D eigenvalue weighted by Gasteiger charge is 2.29. The Bertz CT molecular complexity index is 631. The monoisotopic (exact) mass is 332 g/mol. The predicted octanol–water partition coefficient (Wildman–Crippen LogP) is 5.27. The number of phenolic OH excluding ortho intramolecular Hbond substituents is 3. The molecule has 1 aliphatic rings. The average Bonchev–Trinajstić information content (AvgIpc) is 2.56. The molecule has 0 spiro atoms. The van der Waals surface area contributed by atoms with Gasteiger partial charge in [-0.25, -0.2) is 0 Å². The minimum Gasteiger partial charge on any atom is -0.504 e. The van der Waals surface area contributed by atoms with Gasteiger partial charge in [0.15, 0.2) is 23.0 Å². The summed E-state index contributed by atoms with van der Waals surface area (Å²) in [7, 11) is 0. The van der Waals surface area contributed by atoms with Crippen LogP contribution in [0.4, 0.5) is 0 Å². The first-order chi connectivity index (χ1) is 11.5. The number of allylic oxidation sites excluding steroid dienone is 2. The fraction of sp³-hybridized carbons (Fsp3) is 0.500. The van der Waals surface area contributed by atoms with E-state index in [1.807, 2.05) is 0 Å². The Morgan fingerprint density at radius 3 is 2.58 bits per heavy atom. The Kier molecular flexibility index (Phi) is 6.18. The number of unbranched alkanes of at least 4 members (excludes halogenated alkanes) is 2. The highest BCUT2D eigenvalue weighted by molar-refractivity contribution is 5.67. The standard InChI is InChI=1S/C20H28O4/c1-4-6-7-11-15-17(21)19(23)16(20(18(15)22)24-5-2)14-10-8-9-13(3)12-14/h5,12,14,21-23H,2,4,6-11H2,1,3H3. The van der Waals surface area contributed by atoms with Crippen LogP contribution in [0, 0.1) is 0 Å². The van der Waals surface area contributed by atoms with Crippen molar-refractivity contribution in [3.63, 3.8) is 0 Å². The molecule has 0 heterocycles. The van der Waals surface area contributed by atoms with Crippen molar-refractivity contribution >= 4 is 0 Å². The molecular formula is C20H28O4. The van der Waals surface area contributed by atoms with E-state index < -0.39 is 0 Å². The minimum absolute atomic E-state index is 0.0878. The number of phenols is 3. The van der Waals surface area contributed by atoms with E-state index in [0.29, 0.717) is 17.5 Å². The van der Waals surface area contributed by atoms with Crippen LogP contribution in [0.15, 0.2) is 24.5 Å². The molecule has 3 N–H and O–H groups in total. The smallest absolute Gasteiger partial charge is 0.176 e. The quantitative estimate of drug-likeness (QED) is 0.209. The molecule has 0 saturated heterocycles. The molecule has 0 radical (unpaired) electrons. The van der Waals surface area contributed by atoms with Crippen molar-refractivity contribution in [3.8, 4) is 23.0 Å². The lowest BCUT2D eigenvalue weighted by Crippen LogP contribution is -2.06. The third kappa shape index (κ3) is 3.69. The molecular weight excluding hydrogens is 304 g/mol. The van der Waals surface area contributed by atoms with Gasteiger partial charge in [-0.05, 0) is 39.0 Å². The summed E-state index contributed by atoms with van der Waals surface area (Å²) < 4.78 is 5.45. The number of hydrogen-bond donors (Lipinski definition) is 3. The molecule has 1 unspecified atom stereocenters. The summed E-state index contributed by atoms with van der Waals surface area (Å²) in [6, 6.07) is 0. The minimum atomic E-state index is -0.230. The Morgan fingerprint density at radius 1 is 1.21 bits per heavy atom. The van der Waals surface area contributed by atoms with Crippen molar-refractivity contribution in [1.29, 1.82) is 0 Å². The maximum absolute atomic E-state index is 10.6. The highest BCUT2D eigenvalue weighted by atomic mass is 16.5. The Labute approximate surface area is 144 Å². The van der Waals surface area contributed by atoms with Gasteiger partial charge < -0.3 is 20.1 Å². The third-order valence-electron chi connectivity index (χ3n) is 4.69. The fourth-order valence-electron chi connectivity index (χ4n) is 3.43. The van der Waals surface area contributed by atoms with Gasteiger partial charge in [0.25, 0.3) is 0 Å². The Morgan fingerprint density at radius 2 is 1.96 bits per heavy atom. The van der Waals surface area contributed by atoms with Crippen LogP contribution < -0.4 is 4.74 Å².